The van der Waals surface area contributed by atoms with Gasteiger partial charge >= 0.3 is 0 Å². The molecule has 0 aliphatic rings. The van der Waals surface area contributed by atoms with E-state index in [1.54, 1.807) is 16.9 Å². The molecule has 0 aliphatic carbocycles. The van der Waals surface area contributed by atoms with Crippen molar-refractivity contribution < 1.29 is 0 Å². The van der Waals surface area contributed by atoms with E-state index >= 15 is 0 Å². The van der Waals surface area contributed by atoms with Crippen molar-refractivity contribution in [3.8, 4) is 0 Å². The van der Waals surface area contributed by atoms with Crippen molar-refractivity contribution in [1.82, 2.24) is 14.6 Å². The summed E-state index contributed by atoms with van der Waals surface area (Å²) in [6.07, 6.45) is 1.57. The Morgan fingerprint density at radius 2 is 2.21 bits per heavy atom. The van der Waals surface area contributed by atoms with Crippen LogP contribution in [0.25, 0.3) is 11.2 Å². The quantitative estimate of drug-likeness (QED) is 0.760. The maximum atomic E-state index is 5.79. The Balaban J connectivity index is 2.77. The molecule has 14 heavy (non-hydrogen) atoms. The number of hydrogen-bond donors (Lipinski definition) is 1. The lowest BCUT2D eigenvalue weighted by Crippen LogP contribution is -2.26. The number of aromatic nitrogens is 3. The second-order valence-electron chi connectivity index (χ2n) is 3.13. The molecule has 2 N–H and O–H groups in total. The summed E-state index contributed by atoms with van der Waals surface area (Å²) in [6, 6.07) is 1.74. The zero-order chi connectivity index (χ0) is 10.3. The van der Waals surface area contributed by atoms with Gasteiger partial charge in [0, 0.05) is 20.3 Å². The number of nitrogen functional groups attached to an aromatic ring is 1. The van der Waals surface area contributed by atoms with E-state index in [4.69, 9.17) is 17.3 Å². The van der Waals surface area contributed by atoms with Gasteiger partial charge in [-0.15, -0.1) is 0 Å². The highest BCUT2D eigenvalue weighted by Crippen LogP contribution is 2.18. The van der Waals surface area contributed by atoms with E-state index in [-0.39, 0.29) is 0 Å². The van der Waals surface area contributed by atoms with E-state index in [2.05, 4.69) is 9.97 Å². The van der Waals surface area contributed by atoms with Crippen LogP contribution in [0.15, 0.2) is 12.3 Å². The first-order chi connectivity index (χ1) is 6.59. The van der Waals surface area contributed by atoms with Gasteiger partial charge in [-0.2, -0.15) is 0 Å². The van der Waals surface area contributed by atoms with Crippen LogP contribution in [0, 0.1) is 0 Å². The second-order valence-corrected chi connectivity index (χ2v) is 3.56. The molecule has 2 aromatic rings. The first kappa shape index (κ1) is 9.08. The van der Waals surface area contributed by atoms with Crippen molar-refractivity contribution in [2.45, 2.75) is 0 Å². The van der Waals surface area contributed by atoms with Gasteiger partial charge in [-0.1, -0.05) is 11.6 Å². The first-order valence-electron chi connectivity index (χ1n) is 4.06. The van der Waals surface area contributed by atoms with Crippen LogP contribution in [0.1, 0.15) is 0 Å². The highest BCUT2D eigenvalue weighted by Gasteiger charge is 2.10. The van der Waals surface area contributed by atoms with Crippen LogP contribution in [0.5, 0.6) is 0 Å². The molecule has 0 amide bonds. The average molecular weight is 212 g/mol. The van der Waals surface area contributed by atoms with Gasteiger partial charge in [-0.25, -0.2) is 14.6 Å². The molecule has 0 aliphatic heterocycles. The van der Waals surface area contributed by atoms with E-state index in [1.165, 1.54) is 0 Å². The minimum atomic E-state index is 0.403. The van der Waals surface area contributed by atoms with Gasteiger partial charge in [0.15, 0.2) is 5.65 Å². The number of fused-ring (bicyclic) bond motifs is 1. The van der Waals surface area contributed by atoms with Gasteiger partial charge < -0.3 is 10.7 Å². The zero-order valence-electron chi connectivity index (χ0n) is 7.90. The van der Waals surface area contributed by atoms with Crippen LogP contribution in [0.4, 0.5) is 5.95 Å². The van der Waals surface area contributed by atoms with Crippen molar-refractivity contribution in [3.63, 3.8) is 0 Å². The summed E-state index contributed by atoms with van der Waals surface area (Å²) in [7, 11) is 3.74. The predicted octanol–water partition coefficient (Wildman–Crippen LogP) is 0.864. The summed E-state index contributed by atoms with van der Waals surface area (Å²) in [5, 5.41) is 2.37. The van der Waals surface area contributed by atoms with E-state index in [0.717, 1.165) is 0 Å². The fourth-order valence-electron chi connectivity index (χ4n) is 1.34. The SMILES string of the molecule is CN(C)n1c(N)nc2cc(Cl)cnc21. The third kappa shape index (κ3) is 1.26. The lowest BCUT2D eigenvalue weighted by Gasteiger charge is -2.14. The van der Waals surface area contributed by atoms with Crippen molar-refractivity contribution in [2.24, 2.45) is 0 Å². The number of hydrogen-bond acceptors (Lipinski definition) is 4. The molecule has 0 bridgehead atoms. The third-order valence-corrected chi connectivity index (χ3v) is 2.07. The van der Waals surface area contributed by atoms with Crippen molar-refractivity contribution in [1.29, 1.82) is 0 Å². The van der Waals surface area contributed by atoms with E-state index < -0.39 is 0 Å². The molecule has 0 saturated heterocycles. The molecular formula is C8H10ClN5. The Bertz CT molecular complexity index is 476. The molecule has 0 fully saturated rings. The largest absolute Gasteiger partial charge is 0.368 e. The monoisotopic (exact) mass is 211 g/mol. The number of nitrogens with two attached hydrogens (primary N) is 1. The molecule has 5 nitrogen and oxygen atoms in total. The molecule has 6 heteroatoms. The maximum absolute atomic E-state index is 5.79. The average Bonchev–Trinajstić information content (AvgIpc) is 2.39. The smallest absolute Gasteiger partial charge is 0.221 e. The van der Waals surface area contributed by atoms with E-state index in [9.17, 15) is 0 Å². The first-order valence-corrected chi connectivity index (χ1v) is 4.44. The minimum Gasteiger partial charge on any atom is -0.368 e. The summed E-state index contributed by atoms with van der Waals surface area (Å²) < 4.78 is 1.71. The molecule has 0 spiro atoms. The van der Waals surface area contributed by atoms with Crippen LogP contribution < -0.4 is 10.7 Å². The van der Waals surface area contributed by atoms with Gasteiger partial charge in [-0.05, 0) is 6.07 Å². The Morgan fingerprint density at radius 1 is 1.50 bits per heavy atom. The Kier molecular flexibility index (Phi) is 1.96. The predicted molar refractivity (Wildman–Crippen MR) is 57.0 cm³/mol. The Labute approximate surface area is 86.1 Å². The number of anilines is 1. The topological polar surface area (TPSA) is 60.0 Å². The van der Waals surface area contributed by atoms with E-state index in [0.29, 0.717) is 22.1 Å². The number of pyridine rings is 1. The molecule has 2 rings (SSSR count). The number of rotatable bonds is 1. The molecule has 2 aromatic heterocycles. The van der Waals surface area contributed by atoms with Gasteiger partial charge in [0.1, 0.15) is 5.52 Å². The minimum absolute atomic E-state index is 0.403. The molecular weight excluding hydrogens is 202 g/mol. The summed E-state index contributed by atoms with van der Waals surface area (Å²) in [5.74, 6) is 0.403. The lowest BCUT2D eigenvalue weighted by molar-refractivity contribution is 0.757. The molecule has 0 unspecified atom stereocenters. The summed E-state index contributed by atoms with van der Waals surface area (Å²) in [4.78, 5) is 8.32. The van der Waals surface area contributed by atoms with Crippen LogP contribution >= 0.6 is 11.6 Å². The fraction of sp³-hybridized carbons (Fsp3) is 0.250. The van der Waals surface area contributed by atoms with Crippen LogP contribution in [0.2, 0.25) is 5.02 Å². The number of halogens is 1. The number of imidazole rings is 1. The molecule has 0 atom stereocenters. The zero-order valence-corrected chi connectivity index (χ0v) is 8.65. The van der Waals surface area contributed by atoms with Crippen molar-refractivity contribution in [2.75, 3.05) is 24.8 Å². The van der Waals surface area contributed by atoms with Gasteiger partial charge in [-0.3, -0.25) is 0 Å². The molecule has 0 aromatic carbocycles. The molecule has 2 heterocycles. The highest BCUT2D eigenvalue weighted by molar-refractivity contribution is 6.31. The van der Waals surface area contributed by atoms with Crippen molar-refractivity contribution in [3.05, 3.63) is 17.3 Å². The van der Waals surface area contributed by atoms with Gasteiger partial charge in [0.25, 0.3) is 0 Å². The molecule has 74 valence electrons. The maximum Gasteiger partial charge on any atom is 0.221 e. The molecule has 0 radical (unpaired) electrons. The summed E-state index contributed by atoms with van der Waals surface area (Å²) >= 11 is 5.79. The second kappa shape index (κ2) is 3.02. The Hall–Kier alpha value is -1.49. The van der Waals surface area contributed by atoms with Crippen molar-refractivity contribution >= 4 is 28.7 Å². The standard InChI is InChI=1S/C8H10ClN5/c1-13(2)14-7-6(12-8(14)10)3-5(9)4-11-7/h3-4H,1-2H3,(H2,10,12). The highest BCUT2D eigenvalue weighted by atomic mass is 35.5. The fourth-order valence-corrected chi connectivity index (χ4v) is 1.49. The number of nitrogens with zero attached hydrogens (tertiary/aromatic N) is 4. The van der Waals surface area contributed by atoms with Crippen LogP contribution in [-0.2, 0) is 0 Å². The lowest BCUT2D eigenvalue weighted by atomic mass is 10.4. The van der Waals surface area contributed by atoms with Crippen LogP contribution in [-0.4, -0.2) is 28.7 Å². The summed E-state index contributed by atoms with van der Waals surface area (Å²) in [5.41, 5.74) is 7.13. The third-order valence-electron chi connectivity index (χ3n) is 1.87. The Morgan fingerprint density at radius 3 is 2.86 bits per heavy atom. The normalized spacial score (nSPS) is 10.8. The van der Waals surface area contributed by atoms with Crippen LogP contribution in [0.3, 0.4) is 0 Å². The van der Waals surface area contributed by atoms with Gasteiger partial charge in [0.2, 0.25) is 5.95 Å². The summed E-state index contributed by atoms with van der Waals surface area (Å²) in [6.45, 7) is 0. The molecule has 0 saturated carbocycles. The van der Waals surface area contributed by atoms with E-state index in [1.807, 2.05) is 19.1 Å². The van der Waals surface area contributed by atoms with Gasteiger partial charge in [0.05, 0.1) is 5.02 Å².